The largest absolute Gasteiger partial charge is 0.490 e. The minimum Gasteiger partial charge on any atom is -0.490 e. The van der Waals surface area contributed by atoms with Crippen LogP contribution in [0.1, 0.15) is 47.8 Å². The van der Waals surface area contributed by atoms with Crippen molar-refractivity contribution in [1.82, 2.24) is 4.90 Å². The summed E-state index contributed by atoms with van der Waals surface area (Å²) in [6, 6.07) is 7.29. The summed E-state index contributed by atoms with van der Waals surface area (Å²) in [5.74, 6) is 0.762. The van der Waals surface area contributed by atoms with Gasteiger partial charge in [0.1, 0.15) is 0 Å². The van der Waals surface area contributed by atoms with Crippen molar-refractivity contribution in [2.45, 2.75) is 41.5 Å². The predicted molar refractivity (Wildman–Crippen MR) is 126 cm³/mol. The third-order valence-electron chi connectivity index (χ3n) is 4.83. The number of aryl methyl sites for hydroxylation is 3. The first-order chi connectivity index (χ1) is 15.2. The van der Waals surface area contributed by atoms with Gasteiger partial charge < -0.3 is 24.4 Å². The van der Waals surface area contributed by atoms with Gasteiger partial charge in [-0.1, -0.05) is 17.7 Å². The molecule has 0 spiro atoms. The summed E-state index contributed by atoms with van der Waals surface area (Å²) in [6.45, 7) is 12.7. The van der Waals surface area contributed by atoms with Gasteiger partial charge in [-0.2, -0.15) is 0 Å². The minimum absolute atomic E-state index is 0.0905. The first-order valence-corrected chi connectivity index (χ1v) is 10.9. The zero-order valence-corrected chi connectivity index (χ0v) is 20.1. The van der Waals surface area contributed by atoms with Gasteiger partial charge in [0, 0.05) is 18.3 Å². The molecule has 32 heavy (non-hydrogen) atoms. The number of rotatable bonds is 10. The molecule has 0 unspecified atom stereocenters. The number of nitrogens with zero attached hydrogens (tertiary/aromatic N) is 1. The van der Waals surface area contributed by atoms with Crippen LogP contribution >= 0.6 is 0 Å². The van der Waals surface area contributed by atoms with Gasteiger partial charge in [-0.3, -0.25) is 9.59 Å². The Labute approximate surface area is 190 Å². The maximum atomic E-state index is 13.1. The van der Waals surface area contributed by atoms with Crippen LogP contribution in [0.5, 0.6) is 17.2 Å². The highest BCUT2D eigenvalue weighted by atomic mass is 16.5. The summed E-state index contributed by atoms with van der Waals surface area (Å²) in [7, 11) is 1.59. The van der Waals surface area contributed by atoms with Crippen LogP contribution in [-0.4, -0.2) is 50.1 Å². The van der Waals surface area contributed by atoms with Crippen molar-refractivity contribution in [2.75, 3.05) is 38.7 Å². The summed E-state index contributed by atoms with van der Waals surface area (Å²) in [6.07, 6.45) is 0. The van der Waals surface area contributed by atoms with Gasteiger partial charge in [0.15, 0.2) is 11.5 Å². The van der Waals surface area contributed by atoms with E-state index < -0.39 is 0 Å². The molecule has 0 saturated heterocycles. The molecule has 2 amide bonds. The maximum Gasteiger partial charge on any atom is 0.254 e. The van der Waals surface area contributed by atoms with E-state index >= 15 is 0 Å². The van der Waals surface area contributed by atoms with E-state index in [1.54, 1.807) is 19.2 Å². The molecule has 0 aromatic heterocycles. The number of amides is 2. The molecular weight excluding hydrogens is 408 g/mol. The highest BCUT2D eigenvalue weighted by molar-refractivity contribution is 6.00. The first-order valence-electron chi connectivity index (χ1n) is 10.9. The average molecular weight is 443 g/mol. The van der Waals surface area contributed by atoms with Crippen LogP contribution in [-0.2, 0) is 4.79 Å². The van der Waals surface area contributed by atoms with E-state index in [9.17, 15) is 9.59 Å². The number of ether oxygens (including phenoxy) is 3. The Balaban J connectivity index is 2.23. The molecule has 7 heteroatoms. The molecule has 0 saturated carbocycles. The number of benzene rings is 2. The van der Waals surface area contributed by atoms with Crippen molar-refractivity contribution in [3.63, 3.8) is 0 Å². The summed E-state index contributed by atoms with van der Waals surface area (Å²) >= 11 is 0. The lowest BCUT2D eigenvalue weighted by atomic mass is 10.1. The van der Waals surface area contributed by atoms with E-state index in [4.69, 9.17) is 14.2 Å². The molecule has 0 fully saturated rings. The SMILES string of the molecule is CCOc1cc(C(=O)N(C)CC(=O)Nc2c(C)cc(C)cc2C)cc(OCC)c1OCC. The molecule has 174 valence electrons. The number of hydrogen-bond acceptors (Lipinski definition) is 5. The van der Waals surface area contributed by atoms with Crippen molar-refractivity contribution < 1.29 is 23.8 Å². The molecule has 0 atom stereocenters. The topological polar surface area (TPSA) is 77.1 Å². The van der Waals surface area contributed by atoms with Crippen LogP contribution in [0.3, 0.4) is 0 Å². The van der Waals surface area contributed by atoms with Crippen molar-refractivity contribution in [1.29, 1.82) is 0 Å². The molecule has 0 aliphatic heterocycles. The molecule has 0 aliphatic rings. The van der Waals surface area contributed by atoms with Gasteiger partial charge in [0.25, 0.3) is 5.91 Å². The van der Waals surface area contributed by atoms with Crippen LogP contribution in [0.25, 0.3) is 0 Å². The maximum absolute atomic E-state index is 13.1. The Morgan fingerprint density at radius 3 is 1.81 bits per heavy atom. The third kappa shape index (κ3) is 6.15. The minimum atomic E-state index is -0.317. The van der Waals surface area contributed by atoms with E-state index in [-0.39, 0.29) is 18.4 Å². The molecule has 0 heterocycles. The second-order valence-electron chi connectivity index (χ2n) is 7.58. The molecule has 0 radical (unpaired) electrons. The van der Waals surface area contributed by atoms with Crippen LogP contribution in [0.2, 0.25) is 0 Å². The highest BCUT2D eigenvalue weighted by Crippen LogP contribution is 2.39. The summed E-state index contributed by atoms with van der Waals surface area (Å²) in [5.41, 5.74) is 4.24. The highest BCUT2D eigenvalue weighted by Gasteiger charge is 2.22. The number of carbonyl (C=O) groups is 2. The van der Waals surface area contributed by atoms with E-state index in [1.165, 1.54) is 4.90 Å². The fourth-order valence-electron chi connectivity index (χ4n) is 3.58. The Hall–Kier alpha value is -3.22. The summed E-state index contributed by atoms with van der Waals surface area (Å²) in [5, 5.41) is 2.93. The monoisotopic (exact) mass is 442 g/mol. The Morgan fingerprint density at radius 2 is 1.34 bits per heavy atom. The van der Waals surface area contributed by atoms with Crippen LogP contribution in [0, 0.1) is 20.8 Å². The lowest BCUT2D eigenvalue weighted by Gasteiger charge is -2.21. The van der Waals surface area contributed by atoms with Crippen molar-refractivity contribution >= 4 is 17.5 Å². The second kappa shape index (κ2) is 11.4. The molecule has 2 aromatic carbocycles. The smallest absolute Gasteiger partial charge is 0.254 e. The molecule has 0 bridgehead atoms. The number of hydrogen-bond donors (Lipinski definition) is 1. The molecule has 2 rings (SSSR count). The fraction of sp³-hybridized carbons (Fsp3) is 0.440. The number of carbonyl (C=O) groups excluding carboxylic acids is 2. The standard InChI is InChI=1S/C25H34N2O5/c1-8-30-20-13-19(14-21(31-9-2)24(20)32-10-3)25(29)27(7)15-22(28)26-23-17(5)11-16(4)12-18(23)6/h11-14H,8-10,15H2,1-7H3,(H,26,28). The van der Waals surface area contributed by atoms with Crippen molar-refractivity contribution in [3.8, 4) is 17.2 Å². The number of likely N-dealkylation sites (N-methyl/N-ethyl adjacent to an activating group) is 1. The van der Waals surface area contributed by atoms with Crippen LogP contribution < -0.4 is 19.5 Å². The normalized spacial score (nSPS) is 10.5. The Morgan fingerprint density at radius 1 is 0.844 bits per heavy atom. The second-order valence-corrected chi connectivity index (χ2v) is 7.58. The average Bonchev–Trinajstić information content (AvgIpc) is 2.72. The van der Waals surface area contributed by atoms with Crippen molar-refractivity contribution in [2.24, 2.45) is 0 Å². The van der Waals surface area contributed by atoms with Crippen LogP contribution in [0.15, 0.2) is 24.3 Å². The Kier molecular flexibility index (Phi) is 8.93. The van der Waals surface area contributed by atoms with Gasteiger partial charge in [0.05, 0.1) is 26.4 Å². The summed E-state index contributed by atoms with van der Waals surface area (Å²) < 4.78 is 17.1. The van der Waals surface area contributed by atoms with Gasteiger partial charge in [-0.15, -0.1) is 0 Å². The zero-order valence-electron chi connectivity index (χ0n) is 20.1. The molecule has 0 aliphatic carbocycles. The van der Waals surface area contributed by atoms with Gasteiger partial charge in [-0.25, -0.2) is 0 Å². The molecule has 7 nitrogen and oxygen atoms in total. The lowest BCUT2D eigenvalue weighted by Crippen LogP contribution is -2.35. The summed E-state index contributed by atoms with van der Waals surface area (Å²) in [4.78, 5) is 27.1. The van der Waals surface area contributed by atoms with Crippen molar-refractivity contribution in [3.05, 3.63) is 46.5 Å². The Bertz CT molecular complexity index is 921. The van der Waals surface area contributed by atoms with Crippen LogP contribution in [0.4, 0.5) is 5.69 Å². The number of anilines is 1. The van der Waals surface area contributed by atoms with E-state index in [0.717, 1.165) is 22.4 Å². The predicted octanol–water partition coefficient (Wildman–Crippen LogP) is 4.52. The molecule has 2 aromatic rings. The third-order valence-corrected chi connectivity index (χ3v) is 4.83. The van der Waals surface area contributed by atoms with Gasteiger partial charge in [-0.05, 0) is 64.8 Å². The molecular formula is C25H34N2O5. The molecule has 1 N–H and O–H groups in total. The zero-order chi connectivity index (χ0) is 23.8. The quantitative estimate of drug-likeness (QED) is 0.585. The van der Waals surface area contributed by atoms with E-state index in [1.807, 2.05) is 53.7 Å². The van der Waals surface area contributed by atoms with Gasteiger partial charge in [0.2, 0.25) is 11.7 Å². The van der Waals surface area contributed by atoms with Gasteiger partial charge >= 0.3 is 0 Å². The lowest BCUT2D eigenvalue weighted by molar-refractivity contribution is -0.116. The first kappa shape index (κ1) is 25.0. The van der Waals surface area contributed by atoms with E-state index in [2.05, 4.69) is 5.32 Å². The fourth-order valence-corrected chi connectivity index (χ4v) is 3.58. The number of nitrogens with one attached hydrogen (secondary N) is 1. The van der Waals surface area contributed by atoms with E-state index in [0.29, 0.717) is 42.6 Å².